The van der Waals surface area contributed by atoms with Crippen molar-refractivity contribution in [1.29, 1.82) is 5.26 Å². The fraction of sp³-hybridized carbons (Fsp3) is 0.150. The van der Waals surface area contributed by atoms with Gasteiger partial charge in [0.15, 0.2) is 0 Å². The summed E-state index contributed by atoms with van der Waals surface area (Å²) < 4.78 is 1.75. The summed E-state index contributed by atoms with van der Waals surface area (Å²) in [5, 5.41) is 12.2. The quantitative estimate of drug-likeness (QED) is 0.781. The molecule has 5 heteroatoms. The van der Waals surface area contributed by atoms with Crippen LogP contribution in [-0.4, -0.2) is 15.5 Å². The first kappa shape index (κ1) is 16.5. The average molecular weight is 330 g/mol. The number of rotatable bonds is 5. The van der Waals surface area contributed by atoms with E-state index in [1.807, 2.05) is 36.4 Å². The number of amides is 1. The summed E-state index contributed by atoms with van der Waals surface area (Å²) in [7, 11) is 0. The molecule has 0 aliphatic rings. The Morgan fingerprint density at radius 1 is 1.12 bits per heavy atom. The smallest absolute Gasteiger partial charge is 0.269 e. The summed E-state index contributed by atoms with van der Waals surface area (Å²) in [5.41, 5.74) is 3.73. The molecule has 0 unspecified atom stereocenters. The molecule has 1 aromatic carbocycles. The molecule has 0 aliphatic carbocycles. The van der Waals surface area contributed by atoms with Gasteiger partial charge in [0.2, 0.25) is 0 Å². The molecule has 5 nitrogen and oxygen atoms in total. The first-order valence-electron chi connectivity index (χ1n) is 8.10. The summed E-state index contributed by atoms with van der Waals surface area (Å²) in [6, 6.07) is 15.4. The Morgan fingerprint density at radius 3 is 2.48 bits per heavy atom. The van der Waals surface area contributed by atoms with Crippen LogP contribution in [0, 0.1) is 11.3 Å². The van der Waals surface area contributed by atoms with Crippen molar-refractivity contribution in [3.8, 4) is 11.8 Å². The highest BCUT2D eigenvalue weighted by Gasteiger charge is 2.18. The second-order valence-electron chi connectivity index (χ2n) is 5.62. The van der Waals surface area contributed by atoms with Crippen LogP contribution in [0.2, 0.25) is 0 Å². The molecule has 0 spiro atoms. The summed E-state index contributed by atoms with van der Waals surface area (Å²) in [6.45, 7) is 2.47. The molecule has 25 heavy (non-hydrogen) atoms. The third-order valence-electron chi connectivity index (χ3n) is 4.05. The molecular formula is C20H18N4O. The largest absolute Gasteiger partial charge is 0.347 e. The van der Waals surface area contributed by atoms with Crippen molar-refractivity contribution in [3.05, 3.63) is 83.4 Å². The summed E-state index contributed by atoms with van der Waals surface area (Å²) >= 11 is 0. The molecule has 0 saturated heterocycles. The number of hydrogen-bond acceptors (Lipinski definition) is 3. The molecule has 2 aromatic heterocycles. The van der Waals surface area contributed by atoms with Gasteiger partial charge in [-0.05, 0) is 47.9 Å². The number of benzene rings is 1. The Hall–Kier alpha value is -3.39. The number of carbonyl (C=O) groups excluding carboxylic acids is 1. The summed E-state index contributed by atoms with van der Waals surface area (Å²) in [4.78, 5) is 16.6. The van der Waals surface area contributed by atoms with Crippen LogP contribution in [0.3, 0.4) is 0 Å². The van der Waals surface area contributed by atoms with Crippen molar-refractivity contribution in [3.63, 3.8) is 0 Å². The predicted molar refractivity (Wildman–Crippen MR) is 95.3 cm³/mol. The molecule has 0 fully saturated rings. The zero-order valence-electron chi connectivity index (χ0n) is 13.9. The lowest BCUT2D eigenvalue weighted by molar-refractivity contribution is 0.0944. The van der Waals surface area contributed by atoms with Crippen LogP contribution >= 0.6 is 0 Å². The second kappa shape index (κ2) is 7.45. The van der Waals surface area contributed by atoms with Crippen LogP contribution in [0.25, 0.3) is 5.69 Å². The SMILES string of the molecule is CCc1ccc(-n2ccc(C#N)c2C(=O)NCc2ccncc2)cc1. The molecule has 3 aromatic rings. The number of pyridine rings is 1. The third-order valence-corrected chi connectivity index (χ3v) is 4.05. The van der Waals surface area contributed by atoms with Crippen molar-refractivity contribution in [2.75, 3.05) is 0 Å². The van der Waals surface area contributed by atoms with Gasteiger partial charge < -0.3 is 9.88 Å². The van der Waals surface area contributed by atoms with Gasteiger partial charge in [0.1, 0.15) is 11.8 Å². The lowest BCUT2D eigenvalue weighted by Gasteiger charge is -2.11. The molecule has 0 atom stereocenters. The van der Waals surface area contributed by atoms with Gasteiger partial charge in [0.05, 0.1) is 5.56 Å². The van der Waals surface area contributed by atoms with Gasteiger partial charge in [-0.2, -0.15) is 5.26 Å². The van der Waals surface area contributed by atoms with Crippen molar-refractivity contribution < 1.29 is 4.79 Å². The van der Waals surface area contributed by atoms with E-state index >= 15 is 0 Å². The van der Waals surface area contributed by atoms with E-state index in [1.165, 1.54) is 5.56 Å². The van der Waals surface area contributed by atoms with Crippen LogP contribution in [0.15, 0.2) is 61.1 Å². The fourth-order valence-corrected chi connectivity index (χ4v) is 2.63. The molecule has 0 saturated carbocycles. The molecule has 0 bridgehead atoms. The number of aryl methyl sites for hydroxylation is 1. The summed E-state index contributed by atoms with van der Waals surface area (Å²) in [5.74, 6) is -0.280. The lowest BCUT2D eigenvalue weighted by Crippen LogP contribution is -2.26. The molecule has 1 amide bonds. The van der Waals surface area contributed by atoms with Crippen LogP contribution in [0.4, 0.5) is 0 Å². The van der Waals surface area contributed by atoms with Crippen LogP contribution in [-0.2, 0) is 13.0 Å². The van der Waals surface area contributed by atoms with Crippen LogP contribution in [0.1, 0.15) is 34.1 Å². The zero-order valence-corrected chi connectivity index (χ0v) is 13.9. The highest BCUT2D eigenvalue weighted by atomic mass is 16.1. The highest BCUT2D eigenvalue weighted by Crippen LogP contribution is 2.18. The number of aromatic nitrogens is 2. The minimum absolute atomic E-state index is 0.280. The minimum atomic E-state index is -0.280. The average Bonchev–Trinajstić information content (AvgIpc) is 3.11. The molecule has 0 radical (unpaired) electrons. The van der Waals surface area contributed by atoms with Crippen LogP contribution in [0.5, 0.6) is 0 Å². The van der Waals surface area contributed by atoms with E-state index in [0.717, 1.165) is 17.7 Å². The third kappa shape index (κ3) is 3.59. The second-order valence-corrected chi connectivity index (χ2v) is 5.62. The molecule has 1 N–H and O–H groups in total. The van der Waals surface area contributed by atoms with E-state index in [-0.39, 0.29) is 5.91 Å². The standard InChI is InChI=1S/C20H18N4O/c1-2-15-3-5-18(6-4-15)24-12-9-17(13-21)19(24)20(25)23-14-16-7-10-22-11-8-16/h3-12H,2,14H2,1H3,(H,23,25). The van der Waals surface area contributed by atoms with Gasteiger partial charge in [-0.3, -0.25) is 9.78 Å². The topological polar surface area (TPSA) is 70.7 Å². The monoisotopic (exact) mass is 330 g/mol. The molecule has 3 rings (SSSR count). The van der Waals surface area contributed by atoms with Gasteiger partial charge in [-0.15, -0.1) is 0 Å². The Balaban J connectivity index is 1.87. The van der Waals surface area contributed by atoms with Crippen molar-refractivity contribution in [2.24, 2.45) is 0 Å². The van der Waals surface area contributed by atoms with E-state index in [4.69, 9.17) is 0 Å². The van der Waals surface area contributed by atoms with Gasteiger partial charge in [-0.25, -0.2) is 0 Å². The van der Waals surface area contributed by atoms with E-state index in [1.54, 1.807) is 29.2 Å². The number of nitriles is 1. The first-order valence-corrected chi connectivity index (χ1v) is 8.10. The van der Waals surface area contributed by atoms with Crippen molar-refractivity contribution >= 4 is 5.91 Å². The Kier molecular flexibility index (Phi) is 4.91. The Bertz CT molecular complexity index is 905. The van der Waals surface area contributed by atoms with Gasteiger partial charge in [0.25, 0.3) is 5.91 Å². The van der Waals surface area contributed by atoms with E-state index in [0.29, 0.717) is 17.8 Å². The Labute approximate surface area is 146 Å². The molecule has 2 heterocycles. The van der Waals surface area contributed by atoms with E-state index in [9.17, 15) is 10.1 Å². The molecule has 0 aliphatic heterocycles. The Morgan fingerprint density at radius 2 is 1.84 bits per heavy atom. The van der Waals surface area contributed by atoms with Crippen LogP contribution < -0.4 is 5.32 Å². The summed E-state index contributed by atoms with van der Waals surface area (Å²) in [6.07, 6.45) is 6.07. The molecular weight excluding hydrogens is 312 g/mol. The maximum atomic E-state index is 12.7. The number of nitrogens with one attached hydrogen (secondary N) is 1. The van der Waals surface area contributed by atoms with E-state index in [2.05, 4.69) is 23.3 Å². The minimum Gasteiger partial charge on any atom is -0.347 e. The van der Waals surface area contributed by atoms with Gasteiger partial charge >= 0.3 is 0 Å². The molecule has 124 valence electrons. The van der Waals surface area contributed by atoms with Gasteiger partial charge in [-0.1, -0.05) is 19.1 Å². The van der Waals surface area contributed by atoms with E-state index < -0.39 is 0 Å². The lowest BCUT2D eigenvalue weighted by atomic mass is 10.1. The normalized spacial score (nSPS) is 10.2. The maximum Gasteiger partial charge on any atom is 0.269 e. The number of hydrogen-bond donors (Lipinski definition) is 1. The van der Waals surface area contributed by atoms with Gasteiger partial charge in [0, 0.05) is 30.8 Å². The number of carbonyl (C=O) groups is 1. The van der Waals surface area contributed by atoms with Crippen molar-refractivity contribution in [1.82, 2.24) is 14.9 Å². The number of nitrogens with zero attached hydrogens (tertiary/aromatic N) is 3. The first-order chi connectivity index (χ1) is 12.2. The van der Waals surface area contributed by atoms with Crippen molar-refractivity contribution in [2.45, 2.75) is 19.9 Å². The zero-order chi connectivity index (χ0) is 17.6. The fourth-order valence-electron chi connectivity index (χ4n) is 2.63. The highest BCUT2D eigenvalue weighted by molar-refractivity contribution is 5.95. The predicted octanol–water partition coefficient (Wildman–Crippen LogP) is 3.24. The maximum absolute atomic E-state index is 12.7.